The van der Waals surface area contributed by atoms with Gasteiger partial charge in [0.25, 0.3) is 0 Å². The minimum Gasteiger partial charge on any atom is -0.497 e. The molecule has 1 aliphatic heterocycles. The van der Waals surface area contributed by atoms with Crippen molar-refractivity contribution in [2.24, 2.45) is 5.73 Å². The molecular weight excluding hydrogens is 368 g/mol. The number of aryl methyl sites for hydroxylation is 1. The summed E-state index contributed by atoms with van der Waals surface area (Å²) in [4.78, 5) is 15.2. The molecule has 2 aromatic carbocycles. The zero-order chi connectivity index (χ0) is 20.2. The third kappa shape index (κ3) is 4.48. The smallest absolute Gasteiger partial charge is 0.221 e. The Morgan fingerprint density at radius 3 is 2.83 bits per heavy atom. The molecule has 1 unspecified atom stereocenters. The lowest BCUT2D eigenvalue weighted by Crippen LogP contribution is -2.15. The first-order valence-electron chi connectivity index (χ1n) is 9.45. The molecule has 2 N–H and O–H groups in total. The van der Waals surface area contributed by atoms with Gasteiger partial charge < -0.3 is 19.9 Å². The Balaban J connectivity index is 1.45. The van der Waals surface area contributed by atoms with Gasteiger partial charge in [-0.05, 0) is 59.9 Å². The SMILES string of the molecule is COc1cccc(C2CCc3cc(Oc4ccc(CC(N)=O)cn4)ccc3O2)c1. The van der Waals surface area contributed by atoms with Crippen LogP contribution in [0.15, 0.2) is 60.8 Å². The van der Waals surface area contributed by atoms with Crippen molar-refractivity contribution in [3.8, 4) is 23.1 Å². The van der Waals surface area contributed by atoms with E-state index >= 15 is 0 Å². The summed E-state index contributed by atoms with van der Waals surface area (Å²) < 4.78 is 17.4. The van der Waals surface area contributed by atoms with Crippen LogP contribution in [0.2, 0.25) is 0 Å². The Kier molecular flexibility index (Phi) is 5.33. The van der Waals surface area contributed by atoms with Gasteiger partial charge in [-0.1, -0.05) is 18.2 Å². The van der Waals surface area contributed by atoms with Gasteiger partial charge in [-0.25, -0.2) is 4.98 Å². The number of rotatable bonds is 6. The second-order valence-electron chi connectivity index (χ2n) is 6.94. The highest BCUT2D eigenvalue weighted by molar-refractivity contribution is 5.76. The summed E-state index contributed by atoms with van der Waals surface area (Å²) in [6.07, 6.45) is 3.53. The lowest BCUT2D eigenvalue weighted by Gasteiger charge is -2.27. The number of ether oxygens (including phenoxy) is 3. The summed E-state index contributed by atoms with van der Waals surface area (Å²) >= 11 is 0. The molecule has 1 atom stereocenters. The fourth-order valence-corrected chi connectivity index (χ4v) is 3.40. The molecule has 6 nitrogen and oxygen atoms in total. The molecule has 0 radical (unpaired) electrons. The zero-order valence-corrected chi connectivity index (χ0v) is 16.1. The molecule has 0 aliphatic carbocycles. The van der Waals surface area contributed by atoms with E-state index in [-0.39, 0.29) is 18.4 Å². The Morgan fingerprint density at radius 1 is 1.17 bits per heavy atom. The van der Waals surface area contributed by atoms with Crippen LogP contribution in [0.5, 0.6) is 23.1 Å². The molecule has 6 heteroatoms. The molecule has 0 bridgehead atoms. The summed E-state index contributed by atoms with van der Waals surface area (Å²) in [5.74, 6) is 2.46. The van der Waals surface area contributed by atoms with Crippen molar-refractivity contribution in [2.75, 3.05) is 7.11 Å². The second kappa shape index (κ2) is 8.22. The lowest BCUT2D eigenvalue weighted by molar-refractivity contribution is -0.117. The summed E-state index contributed by atoms with van der Waals surface area (Å²) in [6.45, 7) is 0. The maximum absolute atomic E-state index is 11.0. The summed E-state index contributed by atoms with van der Waals surface area (Å²) in [5, 5.41) is 0. The van der Waals surface area contributed by atoms with Crippen molar-refractivity contribution >= 4 is 5.91 Å². The van der Waals surface area contributed by atoms with Gasteiger partial charge in [0.1, 0.15) is 23.4 Å². The monoisotopic (exact) mass is 390 g/mol. The van der Waals surface area contributed by atoms with Gasteiger partial charge in [-0.15, -0.1) is 0 Å². The molecule has 4 rings (SSSR count). The number of hydrogen-bond acceptors (Lipinski definition) is 5. The van der Waals surface area contributed by atoms with Gasteiger partial charge in [0.2, 0.25) is 11.8 Å². The van der Waals surface area contributed by atoms with Gasteiger partial charge >= 0.3 is 0 Å². The maximum Gasteiger partial charge on any atom is 0.221 e. The van der Waals surface area contributed by atoms with Crippen LogP contribution in [0.25, 0.3) is 0 Å². The molecule has 0 fully saturated rings. The number of carbonyl (C=O) groups excluding carboxylic acids is 1. The first-order chi connectivity index (χ1) is 14.1. The highest BCUT2D eigenvalue weighted by Crippen LogP contribution is 2.38. The summed E-state index contributed by atoms with van der Waals surface area (Å²) in [5.41, 5.74) is 8.16. The van der Waals surface area contributed by atoms with Crippen molar-refractivity contribution in [3.63, 3.8) is 0 Å². The van der Waals surface area contributed by atoms with Crippen LogP contribution >= 0.6 is 0 Å². The average molecular weight is 390 g/mol. The highest BCUT2D eigenvalue weighted by Gasteiger charge is 2.22. The number of aromatic nitrogens is 1. The van der Waals surface area contributed by atoms with Crippen LogP contribution in [-0.2, 0) is 17.6 Å². The summed E-state index contributed by atoms with van der Waals surface area (Å²) in [7, 11) is 1.66. The van der Waals surface area contributed by atoms with Crippen LogP contribution in [-0.4, -0.2) is 18.0 Å². The van der Waals surface area contributed by atoms with Crippen LogP contribution in [0, 0.1) is 0 Å². The first-order valence-corrected chi connectivity index (χ1v) is 9.45. The van der Waals surface area contributed by atoms with E-state index in [9.17, 15) is 4.79 Å². The van der Waals surface area contributed by atoms with Crippen LogP contribution in [0.1, 0.15) is 29.2 Å². The maximum atomic E-state index is 11.0. The Morgan fingerprint density at radius 2 is 2.07 bits per heavy atom. The fraction of sp³-hybridized carbons (Fsp3) is 0.217. The number of primary amides is 1. The van der Waals surface area contributed by atoms with Crippen molar-refractivity contribution < 1.29 is 19.0 Å². The zero-order valence-electron chi connectivity index (χ0n) is 16.1. The molecule has 3 aromatic rings. The van der Waals surface area contributed by atoms with Gasteiger partial charge in [-0.2, -0.15) is 0 Å². The van der Waals surface area contributed by atoms with Crippen molar-refractivity contribution in [2.45, 2.75) is 25.4 Å². The van der Waals surface area contributed by atoms with E-state index in [1.165, 1.54) is 0 Å². The molecule has 1 amide bonds. The van der Waals surface area contributed by atoms with Gasteiger partial charge in [-0.3, -0.25) is 4.79 Å². The molecule has 2 heterocycles. The number of pyridine rings is 1. The van der Waals surface area contributed by atoms with E-state index in [0.717, 1.165) is 41.0 Å². The molecule has 1 aliphatic rings. The molecule has 0 saturated carbocycles. The van der Waals surface area contributed by atoms with Crippen LogP contribution in [0.3, 0.4) is 0 Å². The molecule has 29 heavy (non-hydrogen) atoms. The standard InChI is InChI=1S/C23H22N2O4/c1-27-18-4-2-3-16(12-18)20-8-6-17-13-19(7-9-21(17)29-20)28-23-10-5-15(14-25-23)11-22(24)26/h2-5,7,9-10,12-14,20H,6,8,11H2,1H3,(H2,24,26). The molecule has 0 spiro atoms. The Labute approximate surface area is 169 Å². The predicted molar refractivity (Wildman–Crippen MR) is 108 cm³/mol. The van der Waals surface area contributed by atoms with E-state index in [1.54, 1.807) is 25.4 Å². The van der Waals surface area contributed by atoms with Crippen LogP contribution < -0.4 is 19.9 Å². The normalized spacial score (nSPS) is 15.1. The highest BCUT2D eigenvalue weighted by atomic mass is 16.5. The van der Waals surface area contributed by atoms with E-state index < -0.39 is 0 Å². The first kappa shape index (κ1) is 18.8. The average Bonchev–Trinajstić information content (AvgIpc) is 2.74. The topological polar surface area (TPSA) is 83.7 Å². The van der Waals surface area contributed by atoms with E-state index in [4.69, 9.17) is 19.9 Å². The number of amides is 1. The molecule has 0 saturated heterocycles. The lowest BCUT2D eigenvalue weighted by atomic mass is 9.97. The summed E-state index contributed by atoms with van der Waals surface area (Å²) in [6, 6.07) is 17.3. The number of methoxy groups -OCH3 is 1. The molecule has 1 aromatic heterocycles. The molecular formula is C23H22N2O4. The number of carbonyl (C=O) groups is 1. The van der Waals surface area contributed by atoms with Crippen molar-refractivity contribution in [3.05, 3.63) is 77.5 Å². The quantitative estimate of drug-likeness (QED) is 0.688. The van der Waals surface area contributed by atoms with Crippen molar-refractivity contribution in [1.82, 2.24) is 4.98 Å². The fourth-order valence-electron chi connectivity index (χ4n) is 3.40. The Hall–Kier alpha value is -3.54. The molecule has 148 valence electrons. The van der Waals surface area contributed by atoms with Gasteiger partial charge in [0.05, 0.1) is 13.5 Å². The van der Waals surface area contributed by atoms with Gasteiger partial charge in [0, 0.05) is 12.3 Å². The number of fused-ring (bicyclic) bond motifs is 1. The van der Waals surface area contributed by atoms with Crippen molar-refractivity contribution in [1.29, 1.82) is 0 Å². The second-order valence-corrected chi connectivity index (χ2v) is 6.94. The van der Waals surface area contributed by atoms with Crippen LogP contribution in [0.4, 0.5) is 0 Å². The van der Waals surface area contributed by atoms with E-state index in [1.807, 2.05) is 36.4 Å². The van der Waals surface area contributed by atoms with E-state index in [0.29, 0.717) is 11.6 Å². The minimum atomic E-state index is -0.387. The number of nitrogens with zero attached hydrogens (tertiary/aromatic N) is 1. The number of hydrogen-bond donors (Lipinski definition) is 1. The predicted octanol–water partition coefficient (Wildman–Crippen LogP) is 3.98. The third-order valence-corrected chi connectivity index (χ3v) is 4.84. The van der Waals surface area contributed by atoms with Gasteiger partial charge in [0.15, 0.2) is 0 Å². The van der Waals surface area contributed by atoms with E-state index in [2.05, 4.69) is 11.1 Å². The number of benzene rings is 2. The minimum absolute atomic E-state index is 0.00355. The number of nitrogens with two attached hydrogens (primary N) is 1. The largest absolute Gasteiger partial charge is 0.497 e. The third-order valence-electron chi connectivity index (χ3n) is 4.84. The Bertz CT molecular complexity index is 1020.